The molecule has 0 aromatic heterocycles. The van der Waals surface area contributed by atoms with E-state index in [0.29, 0.717) is 6.04 Å². The van der Waals surface area contributed by atoms with Crippen molar-refractivity contribution >= 4 is 0 Å². The van der Waals surface area contributed by atoms with E-state index in [4.69, 9.17) is 0 Å². The second kappa shape index (κ2) is 6.61. The van der Waals surface area contributed by atoms with Gasteiger partial charge in [-0.3, -0.25) is 0 Å². The fraction of sp³-hybridized carbons (Fsp3) is 0.538. The van der Waals surface area contributed by atoms with Crippen LogP contribution < -0.4 is 5.32 Å². The normalized spacial score (nSPS) is 13.1. The third-order valence-electron chi connectivity index (χ3n) is 2.50. The highest BCUT2D eigenvalue weighted by atomic mass is 19.1. The number of benzene rings is 1. The van der Waals surface area contributed by atoms with Crippen molar-refractivity contribution in [3.63, 3.8) is 0 Å². The second-order valence-electron chi connectivity index (χ2n) is 4.31. The van der Waals surface area contributed by atoms with Crippen molar-refractivity contribution in [3.05, 3.63) is 35.6 Å². The molecule has 1 unspecified atom stereocenters. The Morgan fingerprint density at radius 3 is 2.56 bits per heavy atom. The van der Waals surface area contributed by atoms with Crippen LogP contribution >= 0.6 is 0 Å². The van der Waals surface area contributed by atoms with Crippen LogP contribution in [0.25, 0.3) is 0 Å². The fourth-order valence-electron chi connectivity index (χ4n) is 1.86. The van der Waals surface area contributed by atoms with Gasteiger partial charge in [-0.15, -0.1) is 0 Å². The lowest BCUT2D eigenvalue weighted by molar-refractivity contribution is 0.337. The molecule has 16 heavy (non-hydrogen) atoms. The molecule has 0 aliphatic rings. The summed E-state index contributed by atoms with van der Waals surface area (Å²) in [5, 5.41) is 3.38. The summed E-state index contributed by atoms with van der Waals surface area (Å²) in [6, 6.07) is 7.30. The highest BCUT2D eigenvalue weighted by Crippen LogP contribution is 2.09. The highest BCUT2D eigenvalue weighted by Gasteiger charge is 2.11. The number of nitrogens with one attached hydrogen (secondary N) is 1. The zero-order valence-electron chi connectivity index (χ0n) is 10.3. The molecule has 1 rings (SSSR count). The molecule has 1 N–H and O–H groups in total. The second-order valence-corrected chi connectivity index (χ2v) is 4.31. The predicted octanol–water partition coefficient (Wildman–Crippen LogP) is 1.91. The molecule has 1 atom stereocenters. The summed E-state index contributed by atoms with van der Waals surface area (Å²) in [6.45, 7) is 3.90. The van der Waals surface area contributed by atoms with Gasteiger partial charge in [0, 0.05) is 12.6 Å². The minimum atomic E-state index is -0.107. The van der Waals surface area contributed by atoms with Crippen molar-refractivity contribution in [1.29, 1.82) is 0 Å². The van der Waals surface area contributed by atoms with Crippen LogP contribution in [-0.2, 0) is 6.42 Å². The van der Waals surface area contributed by atoms with Crippen LogP contribution in [0.15, 0.2) is 24.3 Å². The van der Waals surface area contributed by atoms with E-state index in [1.54, 1.807) is 6.07 Å². The maximum absolute atomic E-state index is 13.5. The Labute approximate surface area is 97.5 Å². The molecular weight excluding hydrogens is 203 g/mol. The van der Waals surface area contributed by atoms with E-state index in [0.717, 1.165) is 25.1 Å². The number of nitrogens with zero attached hydrogens (tertiary/aromatic N) is 1. The molecule has 0 heterocycles. The lowest BCUT2D eigenvalue weighted by Gasteiger charge is -2.22. The summed E-state index contributed by atoms with van der Waals surface area (Å²) in [6.07, 6.45) is 0.735. The minimum Gasteiger partial charge on any atom is -0.313 e. The van der Waals surface area contributed by atoms with Crippen molar-refractivity contribution in [2.75, 3.05) is 27.2 Å². The minimum absolute atomic E-state index is 0.107. The molecule has 0 bridgehead atoms. The van der Waals surface area contributed by atoms with Crippen molar-refractivity contribution in [2.45, 2.75) is 19.4 Å². The van der Waals surface area contributed by atoms with Gasteiger partial charge in [-0.2, -0.15) is 0 Å². The zero-order valence-corrected chi connectivity index (χ0v) is 10.3. The van der Waals surface area contributed by atoms with Crippen molar-refractivity contribution in [1.82, 2.24) is 10.2 Å². The van der Waals surface area contributed by atoms with Gasteiger partial charge in [0.05, 0.1) is 0 Å². The summed E-state index contributed by atoms with van der Waals surface area (Å²) < 4.78 is 13.5. The first-order valence-corrected chi connectivity index (χ1v) is 5.75. The maximum atomic E-state index is 13.5. The Kier molecular flexibility index (Phi) is 5.43. The van der Waals surface area contributed by atoms with E-state index in [1.807, 2.05) is 26.2 Å². The number of halogens is 1. The fourth-order valence-corrected chi connectivity index (χ4v) is 1.86. The van der Waals surface area contributed by atoms with Crippen molar-refractivity contribution in [3.8, 4) is 0 Å². The molecule has 2 nitrogen and oxygen atoms in total. The number of hydrogen-bond donors (Lipinski definition) is 1. The Hall–Kier alpha value is -0.930. The van der Waals surface area contributed by atoms with Crippen LogP contribution in [0, 0.1) is 5.82 Å². The smallest absolute Gasteiger partial charge is 0.126 e. The van der Waals surface area contributed by atoms with E-state index in [9.17, 15) is 4.39 Å². The molecule has 0 saturated carbocycles. The van der Waals surface area contributed by atoms with Gasteiger partial charge in [0.1, 0.15) is 5.82 Å². The molecule has 1 aromatic carbocycles. The molecule has 0 aliphatic heterocycles. The van der Waals surface area contributed by atoms with E-state index >= 15 is 0 Å². The van der Waals surface area contributed by atoms with Gasteiger partial charge in [0.15, 0.2) is 0 Å². The third kappa shape index (κ3) is 4.29. The summed E-state index contributed by atoms with van der Waals surface area (Å²) in [4.78, 5) is 2.12. The van der Waals surface area contributed by atoms with Crippen LogP contribution in [0.1, 0.15) is 12.5 Å². The van der Waals surface area contributed by atoms with Gasteiger partial charge in [-0.25, -0.2) is 4.39 Å². The molecule has 0 spiro atoms. The van der Waals surface area contributed by atoms with Crippen molar-refractivity contribution in [2.24, 2.45) is 0 Å². The van der Waals surface area contributed by atoms with Gasteiger partial charge in [-0.1, -0.05) is 25.1 Å². The van der Waals surface area contributed by atoms with Gasteiger partial charge in [0.25, 0.3) is 0 Å². The topological polar surface area (TPSA) is 15.3 Å². The molecule has 0 aliphatic carbocycles. The van der Waals surface area contributed by atoms with Crippen LogP contribution in [-0.4, -0.2) is 38.1 Å². The first-order chi connectivity index (χ1) is 7.63. The Morgan fingerprint density at radius 2 is 2.00 bits per heavy atom. The predicted molar refractivity (Wildman–Crippen MR) is 66.1 cm³/mol. The summed E-state index contributed by atoms with van der Waals surface area (Å²) in [5.41, 5.74) is 0.787. The lowest BCUT2D eigenvalue weighted by Crippen LogP contribution is -2.39. The van der Waals surface area contributed by atoms with E-state index in [-0.39, 0.29) is 5.82 Å². The molecule has 3 heteroatoms. The Balaban J connectivity index is 2.64. The monoisotopic (exact) mass is 224 g/mol. The highest BCUT2D eigenvalue weighted by molar-refractivity contribution is 5.18. The van der Waals surface area contributed by atoms with Crippen LogP contribution in [0.5, 0.6) is 0 Å². The van der Waals surface area contributed by atoms with E-state index in [1.165, 1.54) is 6.07 Å². The first-order valence-electron chi connectivity index (χ1n) is 5.75. The summed E-state index contributed by atoms with van der Waals surface area (Å²) >= 11 is 0. The van der Waals surface area contributed by atoms with Gasteiger partial charge in [-0.05, 0) is 38.7 Å². The first kappa shape index (κ1) is 13.1. The molecular formula is C13H21FN2. The molecule has 0 amide bonds. The maximum Gasteiger partial charge on any atom is 0.126 e. The SMILES string of the molecule is CCNC(Cc1ccccc1F)CN(C)C. The number of hydrogen-bond acceptors (Lipinski definition) is 2. The van der Waals surface area contributed by atoms with E-state index < -0.39 is 0 Å². The van der Waals surface area contributed by atoms with Crippen LogP contribution in [0.3, 0.4) is 0 Å². The number of rotatable bonds is 6. The Morgan fingerprint density at radius 1 is 1.31 bits per heavy atom. The molecule has 0 radical (unpaired) electrons. The third-order valence-corrected chi connectivity index (χ3v) is 2.50. The lowest BCUT2D eigenvalue weighted by atomic mass is 10.0. The molecule has 0 fully saturated rings. The Bertz CT molecular complexity index is 313. The quantitative estimate of drug-likeness (QED) is 0.794. The molecule has 0 saturated heterocycles. The molecule has 1 aromatic rings. The average molecular weight is 224 g/mol. The largest absolute Gasteiger partial charge is 0.313 e. The van der Waals surface area contributed by atoms with E-state index in [2.05, 4.69) is 17.1 Å². The number of likely N-dealkylation sites (N-methyl/N-ethyl adjacent to an activating group) is 2. The standard InChI is InChI=1S/C13H21FN2/c1-4-15-12(10-16(2)3)9-11-7-5-6-8-13(11)14/h5-8,12,15H,4,9-10H2,1-3H3. The van der Waals surface area contributed by atoms with Gasteiger partial charge in [0.2, 0.25) is 0 Å². The van der Waals surface area contributed by atoms with Gasteiger partial charge >= 0.3 is 0 Å². The van der Waals surface area contributed by atoms with Crippen LogP contribution in [0.4, 0.5) is 4.39 Å². The van der Waals surface area contributed by atoms with Crippen molar-refractivity contribution < 1.29 is 4.39 Å². The van der Waals surface area contributed by atoms with Gasteiger partial charge < -0.3 is 10.2 Å². The van der Waals surface area contributed by atoms with Crippen LogP contribution in [0.2, 0.25) is 0 Å². The average Bonchev–Trinajstić information content (AvgIpc) is 2.21. The summed E-state index contributed by atoms with van der Waals surface area (Å²) in [7, 11) is 4.07. The zero-order chi connectivity index (χ0) is 12.0. The molecule has 90 valence electrons. The summed E-state index contributed by atoms with van der Waals surface area (Å²) in [5.74, 6) is -0.107.